The molecule has 7 nitrogen and oxygen atoms in total. The van der Waals surface area contributed by atoms with Crippen molar-refractivity contribution in [3.63, 3.8) is 0 Å². The Kier molecular flexibility index (Phi) is 6.88. The molecule has 26 heavy (non-hydrogen) atoms. The summed E-state index contributed by atoms with van der Waals surface area (Å²) >= 11 is 0. The van der Waals surface area contributed by atoms with E-state index in [0.29, 0.717) is 0 Å². The standard InChI is InChI=1S/C18H21N3O4S/c1-14-7-9-16(10-8-14)26(24,25)19-12-11-17(22)20-21-18(23)13-15-5-3-2-4-6-15/h2-10,19H,11-13H2,1H3,(H,20,22)(H,21,23). The number of nitrogens with one attached hydrogen (secondary N) is 3. The third kappa shape index (κ3) is 6.30. The van der Waals surface area contributed by atoms with Gasteiger partial charge in [0.2, 0.25) is 21.8 Å². The highest BCUT2D eigenvalue weighted by atomic mass is 32.2. The molecule has 0 heterocycles. The number of hydrazine groups is 1. The van der Waals surface area contributed by atoms with Crippen molar-refractivity contribution in [1.82, 2.24) is 15.6 Å². The molecule has 2 amide bonds. The maximum atomic E-state index is 12.1. The monoisotopic (exact) mass is 375 g/mol. The fourth-order valence-electron chi connectivity index (χ4n) is 2.13. The van der Waals surface area contributed by atoms with E-state index in [4.69, 9.17) is 0 Å². The van der Waals surface area contributed by atoms with Crippen molar-refractivity contribution in [3.8, 4) is 0 Å². The van der Waals surface area contributed by atoms with E-state index in [1.54, 1.807) is 24.3 Å². The van der Waals surface area contributed by atoms with Crippen LogP contribution in [0, 0.1) is 6.92 Å². The number of aryl methyl sites for hydroxylation is 1. The second-order valence-corrected chi connectivity index (χ2v) is 7.49. The van der Waals surface area contributed by atoms with Gasteiger partial charge in [0.05, 0.1) is 11.3 Å². The van der Waals surface area contributed by atoms with Crippen LogP contribution < -0.4 is 15.6 Å². The van der Waals surface area contributed by atoms with E-state index < -0.39 is 15.9 Å². The Balaban J connectivity index is 1.71. The average Bonchev–Trinajstić information content (AvgIpc) is 2.61. The number of benzene rings is 2. The summed E-state index contributed by atoms with van der Waals surface area (Å²) < 4.78 is 26.5. The number of hydrogen-bond acceptors (Lipinski definition) is 4. The van der Waals surface area contributed by atoms with Gasteiger partial charge in [-0.25, -0.2) is 13.1 Å². The molecule has 0 aliphatic rings. The van der Waals surface area contributed by atoms with Crippen LogP contribution in [0.2, 0.25) is 0 Å². The highest BCUT2D eigenvalue weighted by Gasteiger charge is 2.14. The number of carbonyl (C=O) groups excluding carboxylic acids is 2. The fourth-order valence-corrected chi connectivity index (χ4v) is 3.16. The molecule has 8 heteroatoms. The number of carbonyl (C=O) groups is 2. The average molecular weight is 375 g/mol. The van der Waals surface area contributed by atoms with Crippen molar-refractivity contribution in [1.29, 1.82) is 0 Å². The molecule has 0 aromatic heterocycles. The van der Waals surface area contributed by atoms with Gasteiger partial charge in [0.15, 0.2) is 0 Å². The van der Waals surface area contributed by atoms with Gasteiger partial charge < -0.3 is 0 Å². The van der Waals surface area contributed by atoms with Gasteiger partial charge in [-0.2, -0.15) is 0 Å². The van der Waals surface area contributed by atoms with Crippen molar-refractivity contribution >= 4 is 21.8 Å². The molecule has 3 N–H and O–H groups in total. The van der Waals surface area contributed by atoms with Crippen LogP contribution >= 0.6 is 0 Å². The van der Waals surface area contributed by atoms with Gasteiger partial charge in [-0.05, 0) is 24.6 Å². The molecule has 0 radical (unpaired) electrons. The summed E-state index contributed by atoms with van der Waals surface area (Å²) in [5, 5.41) is 0. The highest BCUT2D eigenvalue weighted by molar-refractivity contribution is 7.89. The summed E-state index contributed by atoms with van der Waals surface area (Å²) in [5.74, 6) is -0.845. The molecule has 0 aliphatic heterocycles. The van der Waals surface area contributed by atoms with Crippen LogP contribution in [0.1, 0.15) is 17.5 Å². The smallest absolute Gasteiger partial charge is 0.242 e. The van der Waals surface area contributed by atoms with Crippen LogP contribution in [0.15, 0.2) is 59.5 Å². The van der Waals surface area contributed by atoms with E-state index in [1.807, 2.05) is 25.1 Å². The van der Waals surface area contributed by atoms with E-state index in [-0.39, 0.29) is 30.2 Å². The Hall–Kier alpha value is -2.71. The number of hydrogen-bond donors (Lipinski definition) is 3. The predicted molar refractivity (Wildman–Crippen MR) is 97.4 cm³/mol. The zero-order chi connectivity index (χ0) is 19.0. The topological polar surface area (TPSA) is 104 Å². The van der Waals surface area contributed by atoms with Gasteiger partial charge in [0, 0.05) is 13.0 Å². The quantitative estimate of drug-likeness (QED) is 0.629. The van der Waals surface area contributed by atoms with Crippen molar-refractivity contribution in [2.45, 2.75) is 24.7 Å². The largest absolute Gasteiger partial charge is 0.273 e. The minimum Gasteiger partial charge on any atom is -0.273 e. The lowest BCUT2D eigenvalue weighted by atomic mass is 10.1. The molecule has 0 aliphatic carbocycles. The van der Waals surface area contributed by atoms with Crippen molar-refractivity contribution in [3.05, 3.63) is 65.7 Å². The van der Waals surface area contributed by atoms with Crippen LogP contribution in [0.25, 0.3) is 0 Å². The molecule has 0 saturated carbocycles. The fraction of sp³-hybridized carbons (Fsp3) is 0.222. The molecular formula is C18H21N3O4S. The normalized spacial score (nSPS) is 11.0. The van der Waals surface area contributed by atoms with Crippen molar-refractivity contribution in [2.75, 3.05) is 6.54 Å². The molecule has 0 saturated heterocycles. The van der Waals surface area contributed by atoms with Gasteiger partial charge in [0.25, 0.3) is 0 Å². The zero-order valence-corrected chi connectivity index (χ0v) is 15.2. The lowest BCUT2D eigenvalue weighted by molar-refractivity contribution is -0.128. The molecule has 0 fully saturated rings. The van der Waals surface area contributed by atoms with Crippen LogP contribution in [0.5, 0.6) is 0 Å². The first-order valence-corrected chi connectivity index (χ1v) is 9.53. The van der Waals surface area contributed by atoms with E-state index in [1.165, 1.54) is 12.1 Å². The van der Waals surface area contributed by atoms with E-state index >= 15 is 0 Å². The van der Waals surface area contributed by atoms with Crippen LogP contribution in [-0.2, 0) is 26.0 Å². The van der Waals surface area contributed by atoms with Crippen LogP contribution in [0.4, 0.5) is 0 Å². The Labute approximate surface area is 152 Å². The third-order valence-electron chi connectivity index (χ3n) is 3.52. The maximum absolute atomic E-state index is 12.1. The SMILES string of the molecule is Cc1ccc(S(=O)(=O)NCCC(=O)NNC(=O)Cc2ccccc2)cc1. The van der Waals surface area contributed by atoms with Gasteiger partial charge >= 0.3 is 0 Å². The molecular weight excluding hydrogens is 354 g/mol. The zero-order valence-electron chi connectivity index (χ0n) is 14.4. The van der Waals surface area contributed by atoms with E-state index in [2.05, 4.69) is 15.6 Å². The third-order valence-corrected chi connectivity index (χ3v) is 5.00. The minimum atomic E-state index is -3.66. The van der Waals surface area contributed by atoms with Gasteiger partial charge in [-0.15, -0.1) is 0 Å². The van der Waals surface area contributed by atoms with Crippen molar-refractivity contribution < 1.29 is 18.0 Å². The van der Waals surface area contributed by atoms with E-state index in [0.717, 1.165) is 11.1 Å². The second kappa shape index (κ2) is 9.12. The molecule has 0 atom stereocenters. The predicted octanol–water partition coefficient (Wildman–Crippen LogP) is 1.05. The van der Waals surface area contributed by atoms with Crippen LogP contribution in [-0.4, -0.2) is 26.8 Å². The number of rotatable bonds is 7. The molecule has 0 spiro atoms. The molecule has 0 bridgehead atoms. The van der Waals surface area contributed by atoms with Crippen molar-refractivity contribution in [2.24, 2.45) is 0 Å². The molecule has 0 unspecified atom stereocenters. The van der Waals surface area contributed by atoms with Gasteiger partial charge in [-0.1, -0.05) is 48.0 Å². The summed E-state index contributed by atoms with van der Waals surface area (Å²) in [6, 6.07) is 15.5. The first-order valence-electron chi connectivity index (χ1n) is 8.05. The summed E-state index contributed by atoms with van der Waals surface area (Å²) in [4.78, 5) is 23.6. The van der Waals surface area contributed by atoms with Crippen LogP contribution in [0.3, 0.4) is 0 Å². The lowest BCUT2D eigenvalue weighted by Gasteiger charge is -2.09. The Morgan fingerprint density at radius 2 is 1.50 bits per heavy atom. The number of amides is 2. The first-order chi connectivity index (χ1) is 12.4. The Bertz CT molecular complexity index is 850. The Morgan fingerprint density at radius 3 is 2.15 bits per heavy atom. The lowest BCUT2D eigenvalue weighted by Crippen LogP contribution is -2.43. The summed E-state index contributed by atoms with van der Waals surface area (Å²) in [6.07, 6.45) is 0.0396. The maximum Gasteiger partial charge on any atom is 0.242 e. The van der Waals surface area contributed by atoms with E-state index in [9.17, 15) is 18.0 Å². The van der Waals surface area contributed by atoms with Gasteiger partial charge in [0.1, 0.15) is 0 Å². The summed E-state index contributed by atoms with van der Waals surface area (Å²) in [6.45, 7) is 1.79. The molecule has 138 valence electrons. The molecule has 2 rings (SSSR count). The molecule has 2 aromatic rings. The van der Waals surface area contributed by atoms with Gasteiger partial charge in [-0.3, -0.25) is 20.4 Å². The minimum absolute atomic E-state index is 0.0728. The number of sulfonamides is 1. The first kappa shape index (κ1) is 19.6. The summed E-state index contributed by atoms with van der Waals surface area (Å²) in [5.41, 5.74) is 6.34. The second-order valence-electron chi connectivity index (χ2n) is 5.72. The summed E-state index contributed by atoms with van der Waals surface area (Å²) in [7, 11) is -3.66. The molecule has 2 aromatic carbocycles. The Morgan fingerprint density at radius 1 is 0.885 bits per heavy atom. The highest BCUT2D eigenvalue weighted by Crippen LogP contribution is 2.09.